The molecule has 1 N–H and O–H groups in total. The number of carbonyl (C=O) groups is 4. The smallest absolute Gasteiger partial charge is 0.338 e. The van der Waals surface area contributed by atoms with Crippen LogP contribution in [0.3, 0.4) is 0 Å². The molecule has 2 amide bonds. The van der Waals surface area contributed by atoms with Gasteiger partial charge in [0.1, 0.15) is 12.3 Å². The van der Waals surface area contributed by atoms with Crippen LogP contribution in [0.1, 0.15) is 47.9 Å². The van der Waals surface area contributed by atoms with E-state index in [-0.39, 0.29) is 25.0 Å². The van der Waals surface area contributed by atoms with E-state index >= 15 is 0 Å². The summed E-state index contributed by atoms with van der Waals surface area (Å²) in [4.78, 5) is 50.5. The molecule has 0 aromatic heterocycles. The Morgan fingerprint density at radius 2 is 1.90 bits per heavy atom. The first-order chi connectivity index (χ1) is 14.8. The summed E-state index contributed by atoms with van der Waals surface area (Å²) in [6.45, 7) is 4.79. The van der Waals surface area contributed by atoms with Crippen molar-refractivity contribution in [3.05, 3.63) is 53.6 Å². The Hall–Kier alpha value is -3.68. The Balaban J connectivity index is 1.76. The van der Waals surface area contributed by atoms with Crippen LogP contribution in [0.25, 0.3) is 0 Å². The maximum absolute atomic E-state index is 12.6. The summed E-state index contributed by atoms with van der Waals surface area (Å²) in [5.41, 5.74) is 1.53. The molecule has 0 aliphatic carbocycles. The third-order valence-corrected chi connectivity index (χ3v) is 4.57. The molecule has 0 saturated heterocycles. The molecule has 31 heavy (non-hydrogen) atoms. The van der Waals surface area contributed by atoms with Gasteiger partial charge in [0.2, 0.25) is 5.91 Å². The molecule has 8 heteroatoms. The van der Waals surface area contributed by atoms with Crippen LogP contribution >= 0.6 is 0 Å². The van der Waals surface area contributed by atoms with Gasteiger partial charge in [0.05, 0.1) is 17.4 Å². The number of ketones is 1. The van der Waals surface area contributed by atoms with Crippen LogP contribution in [0.4, 0.5) is 11.4 Å². The number of anilines is 2. The van der Waals surface area contributed by atoms with Crippen molar-refractivity contribution in [2.24, 2.45) is 0 Å². The average molecular weight is 424 g/mol. The van der Waals surface area contributed by atoms with Crippen molar-refractivity contribution in [3.63, 3.8) is 0 Å². The second-order valence-corrected chi connectivity index (χ2v) is 7.31. The van der Waals surface area contributed by atoms with Gasteiger partial charge in [0, 0.05) is 17.7 Å². The maximum Gasteiger partial charge on any atom is 0.338 e. The van der Waals surface area contributed by atoms with E-state index < -0.39 is 17.8 Å². The van der Waals surface area contributed by atoms with E-state index in [1.54, 1.807) is 57.2 Å². The SMILES string of the molecule is CCC(=O)c1ccc2c(c1)N(CC(=O)Nc1cccc(C(=O)OC(C)C)c1)C(=O)CO2. The third-order valence-electron chi connectivity index (χ3n) is 4.57. The summed E-state index contributed by atoms with van der Waals surface area (Å²) in [5, 5.41) is 2.69. The quantitative estimate of drug-likeness (QED) is 0.541. The molecule has 3 rings (SSSR count). The highest BCUT2D eigenvalue weighted by molar-refractivity contribution is 6.06. The predicted molar refractivity (Wildman–Crippen MR) is 115 cm³/mol. The highest BCUT2D eigenvalue weighted by Gasteiger charge is 2.28. The monoisotopic (exact) mass is 424 g/mol. The van der Waals surface area contributed by atoms with Crippen LogP contribution in [0.5, 0.6) is 5.75 Å². The number of ether oxygens (including phenoxy) is 2. The third kappa shape index (κ3) is 5.28. The number of amides is 2. The molecule has 1 heterocycles. The second-order valence-electron chi connectivity index (χ2n) is 7.31. The maximum atomic E-state index is 12.6. The normalized spacial score (nSPS) is 12.8. The number of fused-ring (bicyclic) bond motifs is 1. The molecule has 1 aliphatic rings. The van der Waals surface area contributed by atoms with E-state index in [2.05, 4.69) is 5.32 Å². The fourth-order valence-electron chi connectivity index (χ4n) is 3.10. The minimum atomic E-state index is -0.489. The zero-order chi connectivity index (χ0) is 22.5. The first kappa shape index (κ1) is 22.0. The van der Waals surface area contributed by atoms with E-state index in [1.165, 1.54) is 11.0 Å². The number of carbonyl (C=O) groups excluding carboxylic acids is 4. The van der Waals surface area contributed by atoms with Gasteiger partial charge < -0.3 is 14.8 Å². The highest BCUT2D eigenvalue weighted by Crippen LogP contribution is 2.33. The van der Waals surface area contributed by atoms with Crippen molar-refractivity contribution in [1.82, 2.24) is 0 Å². The van der Waals surface area contributed by atoms with Crippen LogP contribution in [0.15, 0.2) is 42.5 Å². The Labute approximate surface area is 180 Å². The standard InChI is InChI=1S/C23H24N2O6/c1-4-19(26)15-8-9-20-18(11-15)25(22(28)13-30-20)12-21(27)24-17-7-5-6-16(10-17)23(29)31-14(2)3/h5-11,14H,4,12-13H2,1-3H3,(H,24,27). The molecule has 0 radical (unpaired) electrons. The summed E-state index contributed by atoms with van der Waals surface area (Å²) in [7, 11) is 0. The number of rotatable bonds is 7. The van der Waals surface area contributed by atoms with Crippen molar-refractivity contribution in [2.45, 2.75) is 33.3 Å². The number of Topliss-reactive ketones (excluding diaryl/α,β-unsaturated/α-hetero) is 1. The molecule has 0 atom stereocenters. The molecule has 0 saturated carbocycles. The summed E-state index contributed by atoms with van der Waals surface area (Å²) in [6.07, 6.45) is 0.0616. The molecule has 0 unspecified atom stereocenters. The zero-order valence-corrected chi connectivity index (χ0v) is 17.6. The molecule has 8 nitrogen and oxygen atoms in total. The minimum Gasteiger partial charge on any atom is -0.482 e. The summed E-state index contributed by atoms with van der Waals surface area (Å²) in [6, 6.07) is 11.2. The average Bonchev–Trinajstić information content (AvgIpc) is 2.74. The van der Waals surface area contributed by atoms with Gasteiger partial charge in [-0.1, -0.05) is 13.0 Å². The molecule has 1 aliphatic heterocycles. The fourth-order valence-corrected chi connectivity index (χ4v) is 3.10. The lowest BCUT2D eigenvalue weighted by atomic mass is 10.1. The van der Waals surface area contributed by atoms with Crippen molar-refractivity contribution >= 4 is 34.9 Å². The molecular formula is C23H24N2O6. The van der Waals surface area contributed by atoms with Crippen molar-refractivity contribution in [1.29, 1.82) is 0 Å². The molecule has 0 fully saturated rings. The van der Waals surface area contributed by atoms with Gasteiger partial charge in [0.15, 0.2) is 12.4 Å². The highest BCUT2D eigenvalue weighted by atomic mass is 16.5. The molecule has 0 spiro atoms. The molecular weight excluding hydrogens is 400 g/mol. The van der Waals surface area contributed by atoms with E-state index in [1.807, 2.05) is 0 Å². The first-order valence-electron chi connectivity index (χ1n) is 9.99. The van der Waals surface area contributed by atoms with Crippen molar-refractivity contribution in [2.75, 3.05) is 23.4 Å². The van der Waals surface area contributed by atoms with E-state index in [0.717, 1.165) is 0 Å². The van der Waals surface area contributed by atoms with Crippen molar-refractivity contribution in [3.8, 4) is 5.75 Å². The molecule has 2 aromatic carbocycles. The topological polar surface area (TPSA) is 102 Å². The predicted octanol–water partition coefficient (Wildman–Crippen LogP) is 3.21. The number of hydrogen-bond donors (Lipinski definition) is 1. The van der Waals surface area contributed by atoms with E-state index in [9.17, 15) is 19.2 Å². The number of esters is 1. The van der Waals surface area contributed by atoms with E-state index in [0.29, 0.717) is 34.7 Å². The number of nitrogens with zero attached hydrogens (tertiary/aromatic N) is 1. The van der Waals surface area contributed by atoms with Crippen LogP contribution < -0.4 is 15.0 Å². The summed E-state index contributed by atoms with van der Waals surface area (Å²) < 4.78 is 10.6. The first-order valence-corrected chi connectivity index (χ1v) is 9.99. The minimum absolute atomic E-state index is 0.0738. The second kappa shape index (κ2) is 9.42. The molecule has 2 aromatic rings. The lowest BCUT2D eigenvalue weighted by Crippen LogP contribution is -2.43. The Morgan fingerprint density at radius 3 is 2.61 bits per heavy atom. The molecule has 162 valence electrons. The van der Waals surface area contributed by atoms with Gasteiger partial charge in [-0.05, 0) is 50.2 Å². The van der Waals surface area contributed by atoms with Crippen molar-refractivity contribution < 1.29 is 28.7 Å². The number of nitrogens with one attached hydrogen (secondary N) is 1. The zero-order valence-electron chi connectivity index (χ0n) is 17.6. The largest absolute Gasteiger partial charge is 0.482 e. The van der Waals surface area contributed by atoms with Gasteiger partial charge in [0.25, 0.3) is 5.91 Å². The number of hydrogen-bond acceptors (Lipinski definition) is 6. The molecule has 0 bridgehead atoms. The summed E-state index contributed by atoms with van der Waals surface area (Å²) in [5.74, 6) is -0.980. The Morgan fingerprint density at radius 1 is 1.13 bits per heavy atom. The van der Waals surface area contributed by atoms with Gasteiger partial charge in [-0.25, -0.2) is 4.79 Å². The lowest BCUT2D eigenvalue weighted by molar-refractivity contribution is -0.123. The Bertz CT molecular complexity index is 1030. The van der Waals surface area contributed by atoms with Gasteiger partial charge in [-0.3, -0.25) is 19.3 Å². The number of benzene rings is 2. The fraction of sp³-hybridized carbons (Fsp3) is 0.304. The van der Waals surface area contributed by atoms with Crippen LogP contribution in [-0.4, -0.2) is 42.8 Å². The van der Waals surface area contributed by atoms with Crippen LogP contribution in [-0.2, 0) is 14.3 Å². The van der Waals surface area contributed by atoms with Gasteiger partial charge >= 0.3 is 5.97 Å². The summed E-state index contributed by atoms with van der Waals surface area (Å²) >= 11 is 0. The van der Waals surface area contributed by atoms with Crippen LogP contribution in [0, 0.1) is 0 Å². The van der Waals surface area contributed by atoms with Crippen LogP contribution in [0.2, 0.25) is 0 Å². The van der Waals surface area contributed by atoms with Gasteiger partial charge in [-0.2, -0.15) is 0 Å². The van der Waals surface area contributed by atoms with E-state index in [4.69, 9.17) is 9.47 Å². The van der Waals surface area contributed by atoms with Gasteiger partial charge in [-0.15, -0.1) is 0 Å². The lowest BCUT2D eigenvalue weighted by Gasteiger charge is -2.29. The Kier molecular flexibility index (Phi) is 6.69.